The van der Waals surface area contributed by atoms with Crippen molar-refractivity contribution in [3.8, 4) is 5.75 Å². The Morgan fingerprint density at radius 3 is 2.84 bits per heavy atom. The van der Waals surface area contributed by atoms with Gasteiger partial charge >= 0.3 is 0 Å². The third kappa shape index (κ3) is 6.34. The number of ether oxygens (including phenoxy) is 1. The number of rotatable bonds is 8. The Hall–Kier alpha value is -2.15. The van der Waals surface area contributed by atoms with Crippen molar-refractivity contribution in [2.45, 2.75) is 32.8 Å². The molecule has 1 atom stereocenters. The van der Waals surface area contributed by atoms with E-state index in [0.717, 1.165) is 24.4 Å². The highest BCUT2D eigenvalue weighted by molar-refractivity contribution is 7.11. The molecule has 136 valence electrons. The zero-order valence-electron chi connectivity index (χ0n) is 14.9. The van der Waals surface area contributed by atoms with Crippen molar-refractivity contribution in [3.05, 3.63) is 46.2 Å². The maximum Gasteiger partial charge on any atom is 0.191 e. The molecular formula is C18H25FN4OS. The molecule has 7 heteroatoms. The van der Waals surface area contributed by atoms with Gasteiger partial charge in [-0.05, 0) is 25.5 Å². The van der Waals surface area contributed by atoms with Gasteiger partial charge in [0.1, 0.15) is 6.10 Å². The first-order valence-corrected chi connectivity index (χ1v) is 9.23. The van der Waals surface area contributed by atoms with E-state index < -0.39 is 0 Å². The molecule has 1 heterocycles. The first-order chi connectivity index (χ1) is 12.1. The number of thiazole rings is 1. The lowest BCUT2D eigenvalue weighted by molar-refractivity contribution is 0.214. The quantitative estimate of drug-likeness (QED) is 0.558. The summed E-state index contributed by atoms with van der Waals surface area (Å²) in [5.74, 6) is 0.596. The summed E-state index contributed by atoms with van der Waals surface area (Å²) >= 11 is 1.75. The van der Waals surface area contributed by atoms with Gasteiger partial charge in [0.05, 0.1) is 11.6 Å². The Kier molecular flexibility index (Phi) is 7.66. The van der Waals surface area contributed by atoms with Gasteiger partial charge in [-0.1, -0.05) is 19.1 Å². The van der Waals surface area contributed by atoms with Crippen LogP contribution in [0.15, 0.2) is 35.5 Å². The fourth-order valence-corrected chi connectivity index (χ4v) is 3.04. The normalized spacial score (nSPS) is 12.7. The maximum atomic E-state index is 13.6. The van der Waals surface area contributed by atoms with E-state index in [1.165, 1.54) is 10.9 Å². The smallest absolute Gasteiger partial charge is 0.191 e. The van der Waals surface area contributed by atoms with E-state index in [2.05, 4.69) is 27.5 Å². The van der Waals surface area contributed by atoms with E-state index in [1.807, 2.05) is 13.1 Å². The van der Waals surface area contributed by atoms with Crippen molar-refractivity contribution >= 4 is 17.3 Å². The van der Waals surface area contributed by atoms with Gasteiger partial charge in [0.15, 0.2) is 17.5 Å². The molecule has 0 aliphatic carbocycles. The molecule has 5 nitrogen and oxygen atoms in total. The Labute approximate surface area is 152 Å². The zero-order chi connectivity index (χ0) is 18.1. The van der Waals surface area contributed by atoms with Crippen molar-refractivity contribution in [3.63, 3.8) is 0 Å². The highest BCUT2D eigenvalue weighted by atomic mass is 32.1. The number of hydrogen-bond donors (Lipinski definition) is 2. The van der Waals surface area contributed by atoms with E-state index in [4.69, 9.17) is 4.74 Å². The van der Waals surface area contributed by atoms with Crippen LogP contribution in [0.4, 0.5) is 4.39 Å². The van der Waals surface area contributed by atoms with Gasteiger partial charge in [-0.15, -0.1) is 11.3 Å². The Bertz CT molecular complexity index is 689. The molecule has 2 N–H and O–H groups in total. The number of aliphatic imine (C=N–C) groups is 1. The van der Waals surface area contributed by atoms with E-state index in [-0.39, 0.29) is 17.7 Å². The summed E-state index contributed by atoms with van der Waals surface area (Å²) in [6.07, 6.45) is 3.62. The first kappa shape index (κ1) is 19.2. The van der Waals surface area contributed by atoms with E-state index >= 15 is 0 Å². The van der Waals surface area contributed by atoms with Crippen LogP contribution in [0.1, 0.15) is 23.7 Å². The van der Waals surface area contributed by atoms with Gasteiger partial charge in [0, 0.05) is 31.1 Å². The minimum atomic E-state index is -0.355. The molecule has 0 amide bonds. The number of para-hydroxylation sites is 1. The summed E-state index contributed by atoms with van der Waals surface area (Å²) in [4.78, 5) is 9.89. The summed E-state index contributed by atoms with van der Waals surface area (Å²) in [5, 5.41) is 7.56. The summed E-state index contributed by atoms with van der Waals surface area (Å²) in [7, 11) is 1.72. The van der Waals surface area contributed by atoms with Crippen LogP contribution in [0.5, 0.6) is 5.75 Å². The number of nitrogens with one attached hydrogen (secondary N) is 2. The molecule has 2 aromatic rings. The molecule has 0 aliphatic rings. The van der Waals surface area contributed by atoms with Crippen LogP contribution in [0.25, 0.3) is 0 Å². The van der Waals surface area contributed by atoms with Crippen LogP contribution in [-0.2, 0) is 12.8 Å². The monoisotopic (exact) mass is 364 g/mol. The summed E-state index contributed by atoms with van der Waals surface area (Å²) in [6, 6.07) is 6.40. The first-order valence-electron chi connectivity index (χ1n) is 8.41. The van der Waals surface area contributed by atoms with Crippen molar-refractivity contribution in [1.82, 2.24) is 15.6 Å². The predicted molar refractivity (Wildman–Crippen MR) is 101 cm³/mol. The molecule has 0 aliphatic heterocycles. The fourth-order valence-electron chi connectivity index (χ4n) is 2.17. The van der Waals surface area contributed by atoms with E-state index in [9.17, 15) is 4.39 Å². The van der Waals surface area contributed by atoms with Crippen LogP contribution in [0.3, 0.4) is 0 Å². The van der Waals surface area contributed by atoms with E-state index in [1.54, 1.807) is 36.6 Å². The number of aryl methyl sites for hydroxylation is 1. The lowest BCUT2D eigenvalue weighted by atomic mass is 10.3. The van der Waals surface area contributed by atoms with Gasteiger partial charge in [-0.2, -0.15) is 0 Å². The number of halogens is 1. The van der Waals surface area contributed by atoms with Crippen LogP contribution in [0.2, 0.25) is 0 Å². The average Bonchev–Trinajstić information content (AvgIpc) is 3.08. The van der Waals surface area contributed by atoms with Gasteiger partial charge in [0.2, 0.25) is 0 Å². The second-order valence-corrected chi connectivity index (χ2v) is 6.76. The maximum absolute atomic E-state index is 13.6. The third-order valence-corrected chi connectivity index (χ3v) is 4.73. The molecule has 25 heavy (non-hydrogen) atoms. The molecule has 2 rings (SSSR count). The summed E-state index contributed by atoms with van der Waals surface area (Å²) in [6.45, 7) is 5.28. The number of hydrogen-bond acceptors (Lipinski definition) is 4. The molecule has 0 fully saturated rings. The topological polar surface area (TPSA) is 58.5 Å². The molecule has 1 aromatic heterocycles. The molecule has 0 radical (unpaired) electrons. The molecular weight excluding hydrogens is 339 g/mol. The van der Waals surface area contributed by atoms with Gasteiger partial charge in [-0.3, -0.25) is 4.99 Å². The Morgan fingerprint density at radius 1 is 1.36 bits per heavy atom. The number of nitrogens with zero attached hydrogens (tertiary/aromatic N) is 2. The number of aromatic nitrogens is 1. The van der Waals surface area contributed by atoms with Crippen LogP contribution >= 0.6 is 11.3 Å². The van der Waals surface area contributed by atoms with Gasteiger partial charge < -0.3 is 15.4 Å². The van der Waals surface area contributed by atoms with Gasteiger partial charge in [0.25, 0.3) is 0 Å². The second kappa shape index (κ2) is 9.98. The van der Waals surface area contributed by atoms with Gasteiger partial charge in [-0.25, -0.2) is 9.37 Å². The number of guanidine groups is 1. The SMILES string of the molecule is CCc1cnc(CCNC(=NC)NCC(C)Oc2ccccc2F)s1. The lowest BCUT2D eigenvalue weighted by Gasteiger charge is -2.18. The molecule has 1 unspecified atom stereocenters. The molecule has 0 spiro atoms. The molecule has 0 saturated heterocycles. The summed E-state index contributed by atoms with van der Waals surface area (Å²) in [5.41, 5.74) is 0. The van der Waals surface area contributed by atoms with Crippen molar-refractivity contribution in [1.29, 1.82) is 0 Å². The average molecular weight is 364 g/mol. The molecule has 1 aromatic carbocycles. The predicted octanol–water partition coefficient (Wildman–Crippen LogP) is 3.02. The minimum absolute atomic E-state index is 0.193. The van der Waals surface area contributed by atoms with Crippen molar-refractivity contribution in [2.24, 2.45) is 4.99 Å². The van der Waals surface area contributed by atoms with Crippen molar-refractivity contribution < 1.29 is 9.13 Å². The van der Waals surface area contributed by atoms with Crippen LogP contribution < -0.4 is 15.4 Å². The van der Waals surface area contributed by atoms with E-state index in [0.29, 0.717) is 12.5 Å². The number of benzene rings is 1. The third-order valence-electron chi connectivity index (χ3n) is 3.53. The highest BCUT2D eigenvalue weighted by Crippen LogP contribution is 2.16. The second-order valence-electron chi connectivity index (χ2n) is 5.56. The fraction of sp³-hybridized carbons (Fsp3) is 0.444. The van der Waals surface area contributed by atoms with Crippen LogP contribution in [-0.4, -0.2) is 37.2 Å². The highest BCUT2D eigenvalue weighted by Gasteiger charge is 2.09. The standard InChI is InChI=1S/C18H25FN4OS/c1-4-14-12-22-17(25-14)9-10-21-18(20-3)23-11-13(2)24-16-8-6-5-7-15(16)19/h5-8,12-13H,4,9-11H2,1-3H3,(H2,20,21,23). The van der Waals surface area contributed by atoms with Crippen LogP contribution in [0, 0.1) is 5.82 Å². The minimum Gasteiger partial charge on any atom is -0.486 e. The Morgan fingerprint density at radius 2 is 2.16 bits per heavy atom. The zero-order valence-corrected chi connectivity index (χ0v) is 15.7. The molecule has 0 saturated carbocycles. The Balaban J connectivity index is 1.71. The van der Waals surface area contributed by atoms with Crippen molar-refractivity contribution in [2.75, 3.05) is 20.1 Å². The largest absolute Gasteiger partial charge is 0.486 e. The summed E-state index contributed by atoms with van der Waals surface area (Å²) < 4.78 is 19.2. The molecule has 0 bridgehead atoms. The lowest BCUT2D eigenvalue weighted by Crippen LogP contribution is -2.42.